The van der Waals surface area contributed by atoms with Gasteiger partial charge in [0, 0.05) is 0 Å². The number of carbonyl (C=O) groups excluding carboxylic acids is 1. The first-order chi connectivity index (χ1) is 10.8. The third-order valence-electron chi connectivity index (χ3n) is 6.20. The van der Waals surface area contributed by atoms with Crippen LogP contribution in [0.1, 0.15) is 46.6 Å². The molecule has 0 spiro atoms. The van der Waals surface area contributed by atoms with Crippen LogP contribution in [0.15, 0.2) is 30.3 Å². The molecule has 0 bridgehead atoms. The predicted molar refractivity (Wildman–Crippen MR) is 92.0 cm³/mol. The molecule has 3 nitrogen and oxygen atoms in total. The Morgan fingerprint density at radius 1 is 1.09 bits per heavy atom. The summed E-state index contributed by atoms with van der Waals surface area (Å²) in [6.07, 6.45) is 0.544. The van der Waals surface area contributed by atoms with E-state index in [4.69, 9.17) is 9.47 Å². The summed E-state index contributed by atoms with van der Waals surface area (Å²) in [5.41, 5.74) is 1.23. The first-order valence-corrected chi connectivity index (χ1v) is 8.65. The molecule has 0 radical (unpaired) electrons. The maximum absolute atomic E-state index is 11.8. The zero-order valence-corrected chi connectivity index (χ0v) is 15.0. The third-order valence-corrected chi connectivity index (χ3v) is 6.20. The smallest absolute Gasteiger partial charge is 0.434 e. The molecule has 0 heterocycles. The first-order valence-electron chi connectivity index (χ1n) is 8.65. The highest BCUT2D eigenvalue weighted by molar-refractivity contribution is 5.59. The summed E-state index contributed by atoms with van der Waals surface area (Å²) in [6, 6.07) is 9.66. The fourth-order valence-corrected chi connectivity index (χ4v) is 3.79. The van der Waals surface area contributed by atoms with Gasteiger partial charge in [-0.05, 0) is 41.1 Å². The van der Waals surface area contributed by atoms with E-state index in [1.165, 1.54) is 0 Å². The topological polar surface area (TPSA) is 35.5 Å². The van der Waals surface area contributed by atoms with E-state index in [-0.39, 0.29) is 12.0 Å². The van der Waals surface area contributed by atoms with Crippen molar-refractivity contribution in [2.45, 2.75) is 47.6 Å². The van der Waals surface area contributed by atoms with Gasteiger partial charge in [-0.1, -0.05) is 65.0 Å². The summed E-state index contributed by atoms with van der Waals surface area (Å²) in [5.74, 6) is 2.25. The van der Waals surface area contributed by atoms with Crippen LogP contribution >= 0.6 is 0 Å². The first kappa shape index (κ1) is 17.8. The molecule has 0 N–H and O–H groups in total. The lowest BCUT2D eigenvalue weighted by Crippen LogP contribution is -2.44. The van der Waals surface area contributed by atoms with Gasteiger partial charge in [0.1, 0.15) is 6.61 Å². The van der Waals surface area contributed by atoms with Crippen LogP contribution in [-0.2, 0) is 16.1 Å². The molecule has 4 atom stereocenters. The molecule has 128 valence electrons. The van der Waals surface area contributed by atoms with Crippen molar-refractivity contribution in [1.82, 2.24) is 0 Å². The lowest BCUT2D eigenvalue weighted by atomic mass is 9.56. The SMILES string of the molecule is CC1CC(COC(=O)OCc2ccccc2)[C@H](C)C(C)(C)C1C. The monoisotopic (exact) mass is 318 g/mol. The van der Waals surface area contributed by atoms with Gasteiger partial charge in [-0.15, -0.1) is 0 Å². The second-order valence-electron chi connectivity index (χ2n) is 7.71. The van der Waals surface area contributed by atoms with E-state index in [0.717, 1.165) is 12.0 Å². The lowest BCUT2D eigenvalue weighted by molar-refractivity contribution is -0.0405. The van der Waals surface area contributed by atoms with Crippen molar-refractivity contribution in [1.29, 1.82) is 0 Å². The van der Waals surface area contributed by atoms with Crippen molar-refractivity contribution >= 4 is 6.16 Å². The van der Waals surface area contributed by atoms with Gasteiger partial charge in [0.25, 0.3) is 0 Å². The summed E-state index contributed by atoms with van der Waals surface area (Å²) in [7, 11) is 0. The van der Waals surface area contributed by atoms with Crippen molar-refractivity contribution in [2.75, 3.05) is 6.61 Å². The molecule has 0 saturated heterocycles. The molecule has 1 saturated carbocycles. The van der Waals surface area contributed by atoms with Gasteiger partial charge in [-0.3, -0.25) is 0 Å². The molecule has 0 amide bonds. The van der Waals surface area contributed by atoms with E-state index < -0.39 is 6.16 Å². The van der Waals surface area contributed by atoms with Crippen molar-refractivity contribution in [3.8, 4) is 0 Å². The normalized spacial score (nSPS) is 29.8. The molecule has 3 heteroatoms. The zero-order valence-electron chi connectivity index (χ0n) is 15.0. The third kappa shape index (κ3) is 4.27. The number of hydrogen-bond acceptors (Lipinski definition) is 3. The van der Waals surface area contributed by atoms with E-state index in [0.29, 0.717) is 30.3 Å². The Hall–Kier alpha value is -1.51. The fourth-order valence-electron chi connectivity index (χ4n) is 3.79. The molecule has 23 heavy (non-hydrogen) atoms. The predicted octanol–water partition coefficient (Wildman–Crippen LogP) is 5.29. The highest BCUT2D eigenvalue weighted by Gasteiger charge is 2.44. The van der Waals surface area contributed by atoms with Gasteiger partial charge in [0.15, 0.2) is 0 Å². The second-order valence-corrected chi connectivity index (χ2v) is 7.71. The number of ether oxygens (including phenoxy) is 2. The summed E-state index contributed by atoms with van der Waals surface area (Å²) in [5, 5.41) is 0. The van der Waals surface area contributed by atoms with Crippen LogP contribution in [0, 0.1) is 29.1 Å². The Morgan fingerprint density at radius 3 is 2.39 bits per heavy atom. The molecule has 2 rings (SSSR count). The summed E-state index contributed by atoms with van der Waals surface area (Å²) < 4.78 is 10.6. The van der Waals surface area contributed by atoms with Crippen LogP contribution in [0.3, 0.4) is 0 Å². The molecular weight excluding hydrogens is 288 g/mol. The van der Waals surface area contributed by atoms with Crippen molar-refractivity contribution < 1.29 is 14.3 Å². The standard InChI is InChI=1S/C20H30O3/c1-14-11-18(16(3)20(4,5)15(14)2)13-23-19(21)22-12-17-9-7-6-8-10-17/h6-10,14-16,18H,11-13H2,1-5H3/t14?,15?,16-,18?/m0/s1. The van der Waals surface area contributed by atoms with Crippen LogP contribution in [0.2, 0.25) is 0 Å². The number of hydrogen-bond donors (Lipinski definition) is 0. The van der Waals surface area contributed by atoms with Crippen LogP contribution < -0.4 is 0 Å². The van der Waals surface area contributed by atoms with Crippen LogP contribution in [0.4, 0.5) is 4.79 Å². The Kier molecular flexibility index (Phi) is 5.72. The summed E-state index contributed by atoms with van der Waals surface area (Å²) in [4.78, 5) is 11.8. The number of rotatable bonds is 4. The maximum atomic E-state index is 11.8. The Morgan fingerprint density at radius 2 is 1.74 bits per heavy atom. The van der Waals surface area contributed by atoms with Gasteiger partial charge in [0.2, 0.25) is 0 Å². The maximum Gasteiger partial charge on any atom is 0.508 e. The molecule has 1 aliphatic carbocycles. The molecule has 3 unspecified atom stereocenters. The van der Waals surface area contributed by atoms with Crippen molar-refractivity contribution in [3.05, 3.63) is 35.9 Å². The molecule has 1 fully saturated rings. The van der Waals surface area contributed by atoms with E-state index in [9.17, 15) is 4.79 Å². The second kappa shape index (κ2) is 7.37. The minimum absolute atomic E-state index is 0.263. The van der Waals surface area contributed by atoms with Crippen molar-refractivity contribution in [2.24, 2.45) is 29.1 Å². The van der Waals surface area contributed by atoms with Gasteiger partial charge < -0.3 is 9.47 Å². The van der Waals surface area contributed by atoms with Gasteiger partial charge >= 0.3 is 6.16 Å². The highest BCUT2D eigenvalue weighted by atomic mass is 16.7. The van der Waals surface area contributed by atoms with E-state index in [1.807, 2.05) is 30.3 Å². The molecule has 1 aromatic rings. The largest absolute Gasteiger partial charge is 0.508 e. The van der Waals surface area contributed by atoms with Crippen LogP contribution in [0.25, 0.3) is 0 Å². The van der Waals surface area contributed by atoms with Gasteiger partial charge in [-0.2, -0.15) is 0 Å². The van der Waals surface area contributed by atoms with Crippen LogP contribution in [0.5, 0.6) is 0 Å². The van der Waals surface area contributed by atoms with E-state index >= 15 is 0 Å². The molecule has 0 aromatic heterocycles. The fraction of sp³-hybridized carbons (Fsp3) is 0.650. The summed E-state index contributed by atoms with van der Waals surface area (Å²) in [6.45, 7) is 12.3. The minimum Gasteiger partial charge on any atom is -0.434 e. The average Bonchev–Trinajstić information content (AvgIpc) is 2.54. The van der Waals surface area contributed by atoms with Crippen molar-refractivity contribution in [3.63, 3.8) is 0 Å². The molecule has 1 aromatic carbocycles. The Balaban J connectivity index is 1.82. The minimum atomic E-state index is -0.565. The zero-order chi connectivity index (χ0) is 17.0. The molecular formula is C20H30O3. The van der Waals surface area contributed by atoms with E-state index in [1.54, 1.807) is 0 Å². The number of carbonyl (C=O) groups is 1. The quantitative estimate of drug-likeness (QED) is 0.707. The lowest BCUT2D eigenvalue weighted by Gasteiger charge is -2.49. The average molecular weight is 318 g/mol. The summed E-state index contributed by atoms with van der Waals surface area (Å²) >= 11 is 0. The van der Waals surface area contributed by atoms with Crippen LogP contribution in [-0.4, -0.2) is 12.8 Å². The van der Waals surface area contributed by atoms with Gasteiger partial charge in [0.05, 0.1) is 6.61 Å². The molecule has 0 aliphatic heterocycles. The Bertz CT molecular complexity index is 509. The highest BCUT2D eigenvalue weighted by Crippen LogP contribution is 2.50. The molecule has 1 aliphatic rings. The Labute approximate surface area is 140 Å². The van der Waals surface area contributed by atoms with Gasteiger partial charge in [-0.25, -0.2) is 4.79 Å². The van der Waals surface area contributed by atoms with E-state index in [2.05, 4.69) is 34.6 Å². The number of benzene rings is 1.